The molecule has 2 N–H and O–H groups in total. The lowest BCUT2D eigenvalue weighted by molar-refractivity contribution is -0.136. The van der Waals surface area contributed by atoms with Crippen molar-refractivity contribution in [2.45, 2.75) is 79.1 Å². The monoisotopic (exact) mass is 298 g/mol. The van der Waals surface area contributed by atoms with Gasteiger partial charge in [0.1, 0.15) is 0 Å². The number of aliphatic carboxylic acids is 2. The molecule has 0 aromatic rings. The zero-order chi connectivity index (χ0) is 16.5. The highest BCUT2D eigenvalue weighted by Gasteiger charge is 2.24. The van der Waals surface area contributed by atoms with Gasteiger partial charge in [0.2, 0.25) is 0 Å². The van der Waals surface area contributed by atoms with E-state index >= 15 is 0 Å². The predicted octanol–water partition coefficient (Wildman–Crippen LogP) is 4.64. The zero-order valence-corrected chi connectivity index (χ0v) is 13.9. The van der Waals surface area contributed by atoms with Gasteiger partial charge in [-0.2, -0.15) is 0 Å². The van der Waals surface area contributed by atoms with Gasteiger partial charge in [0.25, 0.3) is 0 Å². The standard InChI is InChI=1S/C17H30O4/c1-5-6-7-8-9-10-11-13(15(18)19)14(16(20)21)12-17(2,3)4/h5-12H2,1-4H3,(H,18,19)(H,20,21). The number of carboxylic acid groups (broad SMARTS) is 2. The maximum atomic E-state index is 11.4. The highest BCUT2D eigenvalue weighted by Crippen LogP contribution is 2.28. The van der Waals surface area contributed by atoms with Gasteiger partial charge in [-0.1, -0.05) is 59.8 Å². The summed E-state index contributed by atoms with van der Waals surface area (Å²) >= 11 is 0. The molecule has 0 atom stereocenters. The van der Waals surface area contributed by atoms with Crippen molar-refractivity contribution in [2.24, 2.45) is 5.41 Å². The number of hydrogen-bond donors (Lipinski definition) is 2. The first-order chi connectivity index (χ1) is 9.69. The number of rotatable bonds is 10. The molecule has 0 aliphatic carbocycles. The van der Waals surface area contributed by atoms with Crippen molar-refractivity contribution in [2.75, 3.05) is 0 Å². The van der Waals surface area contributed by atoms with Gasteiger partial charge in [-0.15, -0.1) is 0 Å². The van der Waals surface area contributed by atoms with E-state index in [9.17, 15) is 19.8 Å². The molecule has 0 aliphatic heterocycles. The Morgan fingerprint density at radius 2 is 1.29 bits per heavy atom. The van der Waals surface area contributed by atoms with Gasteiger partial charge in [0, 0.05) is 11.1 Å². The molecule has 0 saturated heterocycles. The molecule has 0 heterocycles. The minimum absolute atomic E-state index is 0.0589. The summed E-state index contributed by atoms with van der Waals surface area (Å²) in [6, 6.07) is 0. The lowest BCUT2D eigenvalue weighted by Gasteiger charge is -2.20. The van der Waals surface area contributed by atoms with Gasteiger partial charge in [0.05, 0.1) is 0 Å². The van der Waals surface area contributed by atoms with E-state index in [1.807, 2.05) is 20.8 Å². The van der Waals surface area contributed by atoms with Crippen LogP contribution in [0, 0.1) is 5.41 Å². The molecule has 0 saturated carbocycles. The molecule has 0 aromatic heterocycles. The molecule has 0 aromatic carbocycles. The molecular weight excluding hydrogens is 268 g/mol. The molecule has 0 radical (unpaired) electrons. The highest BCUT2D eigenvalue weighted by molar-refractivity contribution is 5.98. The van der Waals surface area contributed by atoms with E-state index < -0.39 is 11.9 Å². The number of carbonyl (C=O) groups is 2. The molecule has 122 valence electrons. The maximum Gasteiger partial charge on any atom is 0.332 e. The molecule has 0 bridgehead atoms. The summed E-state index contributed by atoms with van der Waals surface area (Å²) in [5.41, 5.74) is -0.105. The van der Waals surface area contributed by atoms with E-state index in [4.69, 9.17) is 0 Å². The predicted molar refractivity (Wildman–Crippen MR) is 84.4 cm³/mol. The van der Waals surface area contributed by atoms with Gasteiger partial charge >= 0.3 is 11.9 Å². The third-order valence-electron chi connectivity index (χ3n) is 3.37. The average molecular weight is 298 g/mol. The molecule has 0 aliphatic rings. The molecule has 21 heavy (non-hydrogen) atoms. The molecule has 0 amide bonds. The summed E-state index contributed by atoms with van der Waals surface area (Å²) in [5.74, 6) is -2.20. The Bertz CT molecular complexity index is 375. The van der Waals surface area contributed by atoms with Crippen molar-refractivity contribution in [3.63, 3.8) is 0 Å². The second kappa shape index (κ2) is 9.59. The van der Waals surface area contributed by atoms with Crippen LogP contribution in [0.5, 0.6) is 0 Å². The van der Waals surface area contributed by atoms with Crippen LogP contribution in [0.4, 0.5) is 0 Å². The molecule has 0 rings (SSSR count). The van der Waals surface area contributed by atoms with Crippen molar-refractivity contribution in [1.82, 2.24) is 0 Å². The van der Waals surface area contributed by atoms with Crippen LogP contribution in [0.25, 0.3) is 0 Å². The van der Waals surface area contributed by atoms with E-state index in [1.165, 1.54) is 12.8 Å². The van der Waals surface area contributed by atoms with Crippen LogP contribution in [-0.2, 0) is 9.59 Å². The summed E-state index contributed by atoms with van der Waals surface area (Å²) in [6.07, 6.45) is 6.95. The Hall–Kier alpha value is -1.32. The molecule has 0 spiro atoms. The van der Waals surface area contributed by atoms with Crippen molar-refractivity contribution in [3.05, 3.63) is 11.1 Å². The fraction of sp³-hybridized carbons (Fsp3) is 0.765. The normalized spacial score (nSPS) is 13.0. The van der Waals surface area contributed by atoms with Crippen molar-refractivity contribution in [3.8, 4) is 0 Å². The number of unbranched alkanes of at least 4 members (excludes halogenated alkanes) is 5. The third-order valence-corrected chi connectivity index (χ3v) is 3.37. The van der Waals surface area contributed by atoms with Crippen molar-refractivity contribution < 1.29 is 19.8 Å². The average Bonchev–Trinajstić information content (AvgIpc) is 2.34. The number of hydrogen-bond acceptors (Lipinski definition) is 2. The maximum absolute atomic E-state index is 11.4. The minimum atomic E-state index is -1.10. The first-order valence-electron chi connectivity index (χ1n) is 7.87. The van der Waals surface area contributed by atoms with Crippen LogP contribution in [0.3, 0.4) is 0 Å². The largest absolute Gasteiger partial charge is 0.478 e. The van der Waals surface area contributed by atoms with E-state index in [-0.39, 0.29) is 23.0 Å². The smallest absolute Gasteiger partial charge is 0.332 e. The van der Waals surface area contributed by atoms with Crippen LogP contribution < -0.4 is 0 Å². The molecule has 0 unspecified atom stereocenters. The second-order valence-corrected chi connectivity index (χ2v) is 6.82. The Kier molecular flexibility index (Phi) is 8.98. The fourth-order valence-electron chi connectivity index (χ4n) is 2.31. The summed E-state index contributed by atoms with van der Waals surface area (Å²) in [5, 5.41) is 18.6. The molecule has 0 fully saturated rings. The first kappa shape index (κ1) is 19.7. The van der Waals surface area contributed by atoms with Crippen LogP contribution in [-0.4, -0.2) is 22.2 Å². The summed E-state index contributed by atoms with van der Waals surface area (Å²) in [4.78, 5) is 22.8. The minimum Gasteiger partial charge on any atom is -0.478 e. The second-order valence-electron chi connectivity index (χ2n) is 6.82. The summed E-state index contributed by atoms with van der Waals surface area (Å²) in [7, 11) is 0. The molecule has 4 heteroatoms. The Labute approximate surface area is 128 Å². The van der Waals surface area contributed by atoms with Crippen molar-refractivity contribution in [1.29, 1.82) is 0 Å². The molecular formula is C17H30O4. The van der Waals surface area contributed by atoms with Crippen LogP contribution >= 0.6 is 0 Å². The lowest BCUT2D eigenvalue weighted by Crippen LogP contribution is -2.17. The fourth-order valence-corrected chi connectivity index (χ4v) is 2.31. The van der Waals surface area contributed by atoms with Crippen LogP contribution in [0.1, 0.15) is 79.1 Å². The summed E-state index contributed by atoms with van der Waals surface area (Å²) in [6.45, 7) is 7.90. The third kappa shape index (κ3) is 9.27. The van der Waals surface area contributed by atoms with Crippen molar-refractivity contribution >= 4 is 11.9 Å². The Morgan fingerprint density at radius 1 is 0.810 bits per heavy atom. The zero-order valence-electron chi connectivity index (χ0n) is 13.9. The van der Waals surface area contributed by atoms with E-state index in [0.29, 0.717) is 6.42 Å². The van der Waals surface area contributed by atoms with Crippen LogP contribution in [0.15, 0.2) is 11.1 Å². The Balaban J connectivity index is 4.77. The van der Waals surface area contributed by atoms with E-state index in [1.54, 1.807) is 0 Å². The first-order valence-corrected chi connectivity index (χ1v) is 7.87. The number of carboxylic acids is 2. The van der Waals surface area contributed by atoms with Crippen LogP contribution in [0.2, 0.25) is 0 Å². The van der Waals surface area contributed by atoms with Gasteiger partial charge in [-0.25, -0.2) is 9.59 Å². The van der Waals surface area contributed by atoms with E-state index in [2.05, 4.69) is 6.92 Å². The van der Waals surface area contributed by atoms with Gasteiger partial charge in [-0.3, -0.25) is 0 Å². The molecule has 4 nitrogen and oxygen atoms in total. The lowest BCUT2D eigenvalue weighted by atomic mass is 9.85. The SMILES string of the molecule is CCCCCCCCC(C(=O)O)=C(CC(C)(C)C)C(=O)O. The Morgan fingerprint density at radius 3 is 1.71 bits per heavy atom. The topological polar surface area (TPSA) is 74.6 Å². The van der Waals surface area contributed by atoms with E-state index in [0.717, 1.165) is 25.7 Å². The quantitative estimate of drug-likeness (QED) is 0.455. The van der Waals surface area contributed by atoms with Gasteiger partial charge in [-0.05, 0) is 24.7 Å². The highest BCUT2D eigenvalue weighted by atomic mass is 16.4. The summed E-state index contributed by atoms with van der Waals surface area (Å²) < 4.78 is 0. The van der Waals surface area contributed by atoms with Gasteiger partial charge < -0.3 is 10.2 Å². The van der Waals surface area contributed by atoms with Gasteiger partial charge in [0.15, 0.2) is 0 Å².